The molecule has 0 radical (unpaired) electrons. The average molecular weight is 418 g/mol. The van der Waals surface area contributed by atoms with Crippen molar-refractivity contribution < 1.29 is 14.3 Å². The van der Waals surface area contributed by atoms with Gasteiger partial charge in [-0.05, 0) is 65.7 Å². The summed E-state index contributed by atoms with van der Waals surface area (Å²) in [7, 11) is 3.21. The van der Waals surface area contributed by atoms with Crippen LogP contribution in [0.2, 0.25) is 0 Å². The lowest BCUT2D eigenvalue weighted by Gasteiger charge is -2.46. The van der Waals surface area contributed by atoms with Crippen LogP contribution in [0.1, 0.15) is 55.9 Å². The Kier molecular flexibility index (Phi) is 5.92. The van der Waals surface area contributed by atoms with Gasteiger partial charge in [-0.1, -0.05) is 0 Å². The molecule has 1 saturated heterocycles. The molecule has 0 unspecified atom stereocenters. The summed E-state index contributed by atoms with van der Waals surface area (Å²) >= 11 is 1.41. The minimum atomic E-state index is -0.0507. The van der Waals surface area contributed by atoms with Crippen molar-refractivity contribution >= 4 is 17.2 Å². The highest BCUT2D eigenvalue weighted by Gasteiger charge is 2.38. The van der Waals surface area contributed by atoms with E-state index in [4.69, 9.17) is 9.47 Å². The number of benzene rings is 1. The Balaban J connectivity index is 1.81. The van der Waals surface area contributed by atoms with E-state index in [1.54, 1.807) is 14.2 Å². The number of ether oxygens (including phenoxy) is 2. The molecule has 6 nitrogen and oxygen atoms in total. The summed E-state index contributed by atoms with van der Waals surface area (Å²) in [5.74, 6) is 1.26. The van der Waals surface area contributed by atoms with Crippen molar-refractivity contribution in [2.24, 2.45) is 0 Å². The van der Waals surface area contributed by atoms with Gasteiger partial charge in [0.2, 0.25) is 0 Å². The number of carbonyl (C=O) groups is 1. The molecular weight excluding hydrogens is 386 g/mol. The molecule has 7 heteroatoms. The zero-order valence-electron chi connectivity index (χ0n) is 18.3. The lowest BCUT2D eigenvalue weighted by atomic mass is 9.79. The molecule has 0 saturated carbocycles. The SMILES string of the molecule is COc1ccc(-c2nc(C)c(C(=O)NC3CC(C)(C)NC(C)(C)C3)s2)cc1OC. The number of aryl methyl sites for hydroxylation is 1. The second-order valence-corrected chi connectivity index (χ2v) is 9.97. The number of methoxy groups -OCH3 is 2. The number of thiazole rings is 1. The Hall–Kier alpha value is -2.12. The highest BCUT2D eigenvalue weighted by molar-refractivity contribution is 7.17. The van der Waals surface area contributed by atoms with Crippen LogP contribution in [0.3, 0.4) is 0 Å². The van der Waals surface area contributed by atoms with Crippen LogP contribution in [-0.4, -0.2) is 42.2 Å². The molecule has 1 aromatic carbocycles. The summed E-state index contributed by atoms with van der Waals surface area (Å²) in [4.78, 5) is 18.3. The van der Waals surface area contributed by atoms with Gasteiger partial charge in [0.25, 0.3) is 5.91 Å². The van der Waals surface area contributed by atoms with Crippen molar-refractivity contribution in [2.45, 2.75) is 64.6 Å². The van der Waals surface area contributed by atoms with Gasteiger partial charge in [0.05, 0.1) is 19.9 Å². The molecule has 158 valence electrons. The second kappa shape index (κ2) is 7.95. The largest absolute Gasteiger partial charge is 0.493 e. The van der Waals surface area contributed by atoms with Crippen molar-refractivity contribution in [2.75, 3.05) is 14.2 Å². The average Bonchev–Trinajstić information content (AvgIpc) is 3.00. The molecule has 0 aliphatic carbocycles. The van der Waals surface area contributed by atoms with Crippen LogP contribution in [0.15, 0.2) is 18.2 Å². The normalized spacial score (nSPS) is 18.3. The third-order valence-corrected chi connectivity index (χ3v) is 6.36. The first-order valence-electron chi connectivity index (χ1n) is 9.83. The van der Waals surface area contributed by atoms with Gasteiger partial charge in [-0.25, -0.2) is 4.98 Å². The van der Waals surface area contributed by atoms with E-state index >= 15 is 0 Å². The van der Waals surface area contributed by atoms with Gasteiger partial charge in [-0.2, -0.15) is 0 Å². The second-order valence-electron chi connectivity index (χ2n) is 8.97. The Morgan fingerprint density at radius 2 is 1.76 bits per heavy atom. The summed E-state index contributed by atoms with van der Waals surface area (Å²) in [6.45, 7) is 10.6. The number of rotatable bonds is 5. The number of amides is 1. The van der Waals surface area contributed by atoms with Gasteiger partial charge < -0.3 is 20.1 Å². The predicted molar refractivity (Wildman–Crippen MR) is 117 cm³/mol. The van der Waals surface area contributed by atoms with E-state index in [1.165, 1.54) is 11.3 Å². The van der Waals surface area contributed by atoms with Gasteiger partial charge in [-0.3, -0.25) is 4.79 Å². The molecule has 0 bridgehead atoms. The molecule has 0 spiro atoms. The van der Waals surface area contributed by atoms with Crippen molar-refractivity contribution in [1.82, 2.24) is 15.6 Å². The number of aromatic nitrogens is 1. The minimum Gasteiger partial charge on any atom is -0.493 e. The fraction of sp³-hybridized carbons (Fsp3) is 0.545. The smallest absolute Gasteiger partial charge is 0.263 e. The van der Waals surface area contributed by atoms with Crippen molar-refractivity contribution in [1.29, 1.82) is 0 Å². The first-order valence-corrected chi connectivity index (χ1v) is 10.7. The Morgan fingerprint density at radius 1 is 1.14 bits per heavy atom. The van der Waals surface area contributed by atoms with Gasteiger partial charge >= 0.3 is 0 Å². The topological polar surface area (TPSA) is 72.5 Å². The predicted octanol–water partition coefficient (Wildman–Crippen LogP) is 4.17. The fourth-order valence-corrected chi connectivity index (χ4v) is 5.34. The maximum Gasteiger partial charge on any atom is 0.263 e. The van der Waals surface area contributed by atoms with Crippen LogP contribution in [0.5, 0.6) is 11.5 Å². The monoisotopic (exact) mass is 417 g/mol. The molecule has 3 rings (SSSR count). The standard InChI is InChI=1S/C22H31N3O3S/c1-13-18(19(26)24-15-11-21(2,3)25-22(4,5)12-15)29-20(23-13)14-8-9-16(27-6)17(10-14)28-7/h8-10,15,25H,11-12H2,1-7H3,(H,24,26). The maximum absolute atomic E-state index is 13.0. The molecule has 1 aromatic heterocycles. The lowest BCUT2D eigenvalue weighted by Crippen LogP contribution is -2.62. The van der Waals surface area contributed by atoms with Crippen LogP contribution in [-0.2, 0) is 0 Å². The van der Waals surface area contributed by atoms with Crippen LogP contribution < -0.4 is 20.1 Å². The Bertz CT molecular complexity index is 889. The number of piperidine rings is 1. The van der Waals surface area contributed by atoms with E-state index in [2.05, 4.69) is 43.3 Å². The molecule has 1 aliphatic rings. The molecule has 29 heavy (non-hydrogen) atoms. The van der Waals surface area contributed by atoms with Crippen molar-refractivity contribution in [3.05, 3.63) is 28.8 Å². The number of carbonyl (C=O) groups excluding carboxylic acids is 1. The summed E-state index contributed by atoms with van der Waals surface area (Å²) in [5.41, 5.74) is 1.60. The van der Waals surface area contributed by atoms with Crippen LogP contribution in [0, 0.1) is 6.92 Å². The van der Waals surface area contributed by atoms with Gasteiger partial charge in [0, 0.05) is 22.7 Å². The van der Waals surface area contributed by atoms with Gasteiger partial charge in [-0.15, -0.1) is 11.3 Å². The zero-order valence-corrected chi connectivity index (χ0v) is 19.1. The van der Waals surface area contributed by atoms with Crippen molar-refractivity contribution in [3.63, 3.8) is 0 Å². The molecular formula is C22H31N3O3S. The lowest BCUT2D eigenvalue weighted by molar-refractivity contribution is 0.0876. The fourth-order valence-electron chi connectivity index (χ4n) is 4.38. The van der Waals surface area contributed by atoms with E-state index in [0.717, 1.165) is 29.1 Å². The first-order chi connectivity index (χ1) is 13.5. The molecule has 2 heterocycles. The molecule has 1 fully saturated rings. The number of nitrogens with zero attached hydrogens (tertiary/aromatic N) is 1. The van der Waals surface area contributed by atoms with E-state index in [1.807, 2.05) is 25.1 Å². The van der Waals surface area contributed by atoms with Crippen molar-refractivity contribution in [3.8, 4) is 22.1 Å². The highest BCUT2D eigenvalue weighted by Crippen LogP contribution is 2.35. The molecule has 2 aromatic rings. The highest BCUT2D eigenvalue weighted by atomic mass is 32.1. The van der Waals surface area contributed by atoms with E-state index in [-0.39, 0.29) is 23.0 Å². The summed E-state index contributed by atoms with van der Waals surface area (Å²) < 4.78 is 10.7. The van der Waals surface area contributed by atoms with E-state index in [0.29, 0.717) is 16.4 Å². The Labute approximate surface area is 177 Å². The zero-order chi connectivity index (χ0) is 21.4. The van der Waals surface area contributed by atoms with Gasteiger partial charge in [0.1, 0.15) is 9.88 Å². The van der Waals surface area contributed by atoms with Crippen LogP contribution >= 0.6 is 11.3 Å². The molecule has 1 aliphatic heterocycles. The third kappa shape index (κ3) is 4.90. The molecule has 2 N–H and O–H groups in total. The van der Waals surface area contributed by atoms with E-state index in [9.17, 15) is 4.79 Å². The number of nitrogens with one attached hydrogen (secondary N) is 2. The maximum atomic E-state index is 13.0. The van der Waals surface area contributed by atoms with E-state index < -0.39 is 0 Å². The number of hydrogen-bond acceptors (Lipinski definition) is 6. The quantitative estimate of drug-likeness (QED) is 0.764. The van der Waals surface area contributed by atoms with Gasteiger partial charge in [0.15, 0.2) is 11.5 Å². The summed E-state index contributed by atoms with van der Waals surface area (Å²) in [6.07, 6.45) is 1.78. The summed E-state index contributed by atoms with van der Waals surface area (Å²) in [5, 5.41) is 7.68. The molecule has 0 atom stereocenters. The van der Waals surface area contributed by atoms with Crippen LogP contribution in [0.4, 0.5) is 0 Å². The summed E-state index contributed by atoms with van der Waals surface area (Å²) in [6, 6.07) is 5.79. The number of hydrogen-bond donors (Lipinski definition) is 2. The minimum absolute atomic E-state index is 0.0206. The van der Waals surface area contributed by atoms with Crippen LogP contribution in [0.25, 0.3) is 10.6 Å². The Morgan fingerprint density at radius 3 is 2.34 bits per heavy atom. The third-order valence-electron chi connectivity index (χ3n) is 5.16. The molecule has 1 amide bonds. The first kappa shape index (κ1) is 21.6.